The second-order valence-electron chi connectivity index (χ2n) is 6.08. The third-order valence-corrected chi connectivity index (χ3v) is 4.48. The van der Waals surface area contributed by atoms with E-state index < -0.39 is 6.09 Å². The molecule has 1 aliphatic heterocycles. The van der Waals surface area contributed by atoms with E-state index in [1.165, 1.54) is 11.0 Å². The monoisotopic (exact) mass is 333 g/mol. The first-order valence-corrected chi connectivity index (χ1v) is 7.91. The Labute approximate surface area is 139 Å². The molecule has 1 aromatic heterocycles. The van der Waals surface area contributed by atoms with Gasteiger partial charge in [-0.25, -0.2) is 9.18 Å². The molecule has 1 amide bonds. The van der Waals surface area contributed by atoms with Crippen LogP contribution in [0.15, 0.2) is 28.8 Å². The molecule has 0 radical (unpaired) electrons. The van der Waals surface area contributed by atoms with Crippen LogP contribution in [0, 0.1) is 12.7 Å². The van der Waals surface area contributed by atoms with Crippen LogP contribution in [-0.2, 0) is 0 Å². The van der Waals surface area contributed by atoms with Crippen molar-refractivity contribution < 1.29 is 18.8 Å². The van der Waals surface area contributed by atoms with Crippen molar-refractivity contribution in [3.05, 3.63) is 41.3 Å². The zero-order valence-electron chi connectivity index (χ0n) is 13.7. The van der Waals surface area contributed by atoms with Crippen molar-refractivity contribution in [2.24, 2.45) is 0 Å². The number of hydrogen-bond acceptors (Lipinski definition) is 4. The Morgan fingerprint density at radius 2 is 2.00 bits per heavy atom. The van der Waals surface area contributed by atoms with Gasteiger partial charge >= 0.3 is 6.09 Å². The van der Waals surface area contributed by atoms with Gasteiger partial charge in [-0.05, 0) is 26.0 Å². The average molecular weight is 333 g/mol. The Morgan fingerprint density at radius 3 is 2.67 bits per heavy atom. The third kappa shape index (κ3) is 3.26. The van der Waals surface area contributed by atoms with Crippen molar-refractivity contribution in [3.8, 4) is 11.3 Å². The van der Waals surface area contributed by atoms with Gasteiger partial charge in [-0.1, -0.05) is 16.8 Å². The number of rotatable bonds is 3. The second kappa shape index (κ2) is 6.60. The van der Waals surface area contributed by atoms with Crippen molar-refractivity contribution in [1.29, 1.82) is 0 Å². The largest absolute Gasteiger partial charge is 0.465 e. The Hall–Kier alpha value is -2.41. The number of piperazine rings is 1. The number of aromatic nitrogens is 1. The fourth-order valence-electron chi connectivity index (χ4n) is 2.93. The minimum atomic E-state index is -0.888. The van der Waals surface area contributed by atoms with Gasteiger partial charge in [-0.15, -0.1) is 0 Å². The lowest BCUT2D eigenvalue weighted by atomic mass is 10.1. The van der Waals surface area contributed by atoms with Gasteiger partial charge in [-0.2, -0.15) is 0 Å². The number of carboxylic acid groups (broad SMARTS) is 1. The van der Waals surface area contributed by atoms with Gasteiger partial charge in [0.15, 0.2) is 5.76 Å². The van der Waals surface area contributed by atoms with Crippen LogP contribution in [0.2, 0.25) is 0 Å². The summed E-state index contributed by atoms with van der Waals surface area (Å²) < 4.78 is 19.3. The molecule has 1 atom stereocenters. The van der Waals surface area contributed by atoms with Gasteiger partial charge in [0, 0.05) is 32.2 Å². The van der Waals surface area contributed by atoms with E-state index in [0.717, 1.165) is 11.3 Å². The van der Waals surface area contributed by atoms with Gasteiger partial charge in [0.1, 0.15) is 11.5 Å². The Bertz CT molecular complexity index is 738. The topological polar surface area (TPSA) is 69.8 Å². The van der Waals surface area contributed by atoms with Crippen molar-refractivity contribution in [1.82, 2.24) is 15.0 Å². The van der Waals surface area contributed by atoms with Crippen molar-refractivity contribution in [2.75, 3.05) is 26.2 Å². The minimum Gasteiger partial charge on any atom is -0.465 e. The highest BCUT2D eigenvalue weighted by Crippen LogP contribution is 2.28. The summed E-state index contributed by atoms with van der Waals surface area (Å²) in [6.07, 6.45) is -0.888. The molecule has 1 aliphatic rings. The molecule has 0 bridgehead atoms. The fraction of sp³-hybridized carbons (Fsp3) is 0.412. The maximum Gasteiger partial charge on any atom is 0.407 e. The van der Waals surface area contributed by atoms with Crippen molar-refractivity contribution in [3.63, 3.8) is 0 Å². The summed E-state index contributed by atoms with van der Waals surface area (Å²) in [5, 5.41) is 13.1. The second-order valence-corrected chi connectivity index (χ2v) is 6.08. The molecule has 1 fully saturated rings. The maximum atomic E-state index is 14.0. The van der Waals surface area contributed by atoms with Crippen LogP contribution in [0.3, 0.4) is 0 Å². The molecule has 3 rings (SSSR count). The Morgan fingerprint density at radius 1 is 1.29 bits per heavy atom. The van der Waals surface area contributed by atoms with Crippen molar-refractivity contribution >= 4 is 6.09 Å². The van der Waals surface area contributed by atoms with E-state index in [9.17, 15) is 9.18 Å². The van der Waals surface area contributed by atoms with E-state index in [2.05, 4.69) is 10.1 Å². The van der Waals surface area contributed by atoms with Crippen LogP contribution >= 0.6 is 0 Å². The highest BCUT2D eigenvalue weighted by atomic mass is 19.1. The lowest BCUT2D eigenvalue weighted by Gasteiger charge is -2.36. The van der Waals surface area contributed by atoms with E-state index in [-0.39, 0.29) is 11.9 Å². The molecule has 7 heteroatoms. The van der Waals surface area contributed by atoms with Gasteiger partial charge < -0.3 is 14.5 Å². The smallest absolute Gasteiger partial charge is 0.407 e. The highest BCUT2D eigenvalue weighted by molar-refractivity contribution is 5.65. The van der Waals surface area contributed by atoms with Crippen LogP contribution in [-0.4, -0.2) is 52.3 Å². The molecule has 2 aromatic rings. The molecule has 6 nitrogen and oxygen atoms in total. The van der Waals surface area contributed by atoms with Gasteiger partial charge in [0.2, 0.25) is 0 Å². The standard InChI is InChI=1S/C17H20FN3O3/c1-11-3-4-14(18)13(9-11)16-10-15(19-24-16)12(2)20-5-7-21(8-6-20)17(22)23/h3-4,9-10,12H,5-8H2,1-2H3,(H,22,23). The summed E-state index contributed by atoms with van der Waals surface area (Å²) >= 11 is 0. The molecule has 0 spiro atoms. The van der Waals surface area contributed by atoms with E-state index in [4.69, 9.17) is 9.63 Å². The maximum absolute atomic E-state index is 14.0. The number of amides is 1. The molecule has 24 heavy (non-hydrogen) atoms. The van der Waals surface area contributed by atoms with Crippen LogP contribution in [0.4, 0.5) is 9.18 Å². The first-order chi connectivity index (χ1) is 11.5. The van der Waals surface area contributed by atoms with E-state index in [1.54, 1.807) is 18.2 Å². The summed E-state index contributed by atoms with van der Waals surface area (Å²) in [5.41, 5.74) is 2.06. The predicted molar refractivity (Wildman–Crippen MR) is 86.2 cm³/mol. The van der Waals surface area contributed by atoms with Crippen LogP contribution < -0.4 is 0 Å². The highest BCUT2D eigenvalue weighted by Gasteiger charge is 2.26. The summed E-state index contributed by atoms with van der Waals surface area (Å²) in [4.78, 5) is 14.5. The van der Waals surface area contributed by atoms with E-state index in [0.29, 0.717) is 37.5 Å². The summed E-state index contributed by atoms with van der Waals surface area (Å²) in [6, 6.07) is 6.59. The Kier molecular flexibility index (Phi) is 4.53. The molecule has 1 N–H and O–H groups in total. The molecular formula is C17H20FN3O3. The molecular weight excluding hydrogens is 313 g/mol. The molecule has 0 aliphatic carbocycles. The quantitative estimate of drug-likeness (QED) is 0.934. The number of halogens is 1. The normalized spacial score (nSPS) is 17.0. The van der Waals surface area contributed by atoms with E-state index in [1.807, 2.05) is 13.8 Å². The summed E-state index contributed by atoms with van der Waals surface area (Å²) in [7, 11) is 0. The molecule has 128 valence electrons. The lowest BCUT2D eigenvalue weighted by Crippen LogP contribution is -2.48. The summed E-state index contributed by atoms with van der Waals surface area (Å²) in [6.45, 7) is 6.09. The van der Waals surface area contributed by atoms with Gasteiger partial charge in [0.25, 0.3) is 0 Å². The first kappa shape index (κ1) is 16.4. The number of hydrogen-bond donors (Lipinski definition) is 1. The average Bonchev–Trinajstić information content (AvgIpc) is 3.06. The number of aryl methyl sites for hydroxylation is 1. The first-order valence-electron chi connectivity index (χ1n) is 7.91. The fourth-order valence-corrected chi connectivity index (χ4v) is 2.93. The van der Waals surface area contributed by atoms with Crippen molar-refractivity contribution in [2.45, 2.75) is 19.9 Å². The number of nitrogens with zero attached hydrogens (tertiary/aromatic N) is 3. The molecule has 2 heterocycles. The minimum absolute atomic E-state index is 0.0219. The molecule has 1 saturated heterocycles. The lowest BCUT2D eigenvalue weighted by molar-refractivity contribution is 0.0871. The SMILES string of the molecule is Cc1ccc(F)c(-c2cc(C(C)N3CCN(C(=O)O)CC3)no2)c1. The molecule has 1 aromatic carbocycles. The van der Waals surface area contributed by atoms with Crippen LogP contribution in [0.25, 0.3) is 11.3 Å². The zero-order chi connectivity index (χ0) is 17.3. The number of carbonyl (C=O) groups is 1. The van der Waals surface area contributed by atoms with Gasteiger partial charge in [-0.3, -0.25) is 4.90 Å². The molecule has 1 unspecified atom stereocenters. The predicted octanol–water partition coefficient (Wildman–Crippen LogP) is 3.15. The summed E-state index contributed by atoms with van der Waals surface area (Å²) in [5.74, 6) is 0.0632. The van der Waals surface area contributed by atoms with Gasteiger partial charge in [0.05, 0.1) is 11.6 Å². The van der Waals surface area contributed by atoms with Crippen LogP contribution in [0.1, 0.15) is 24.2 Å². The molecule has 0 saturated carbocycles. The third-order valence-electron chi connectivity index (χ3n) is 4.48. The number of benzene rings is 1. The van der Waals surface area contributed by atoms with Crippen LogP contribution in [0.5, 0.6) is 0 Å². The zero-order valence-corrected chi connectivity index (χ0v) is 13.7. The Balaban J connectivity index is 1.74. The van der Waals surface area contributed by atoms with E-state index >= 15 is 0 Å².